The fraction of sp³-hybridized carbons (Fsp3) is 0.100. The van der Waals surface area contributed by atoms with Gasteiger partial charge in [0, 0.05) is 0 Å². The van der Waals surface area contributed by atoms with Crippen molar-refractivity contribution in [3.63, 3.8) is 0 Å². The van der Waals surface area contributed by atoms with Crippen molar-refractivity contribution in [1.29, 1.82) is 0 Å². The molecule has 160 valence electrons. The Hall–Kier alpha value is -3.57. The first kappa shape index (κ1) is 22.1. The quantitative estimate of drug-likeness (QED) is 0.303. The van der Waals surface area contributed by atoms with Crippen molar-refractivity contribution in [2.45, 2.75) is 0 Å². The zero-order valence-corrected chi connectivity index (χ0v) is 17.8. The van der Waals surface area contributed by atoms with Gasteiger partial charge in [0.05, 0.1) is 17.6 Å². The normalized spacial score (nSPS) is 14.6. The van der Waals surface area contributed by atoms with Crippen LogP contribution in [-0.2, 0) is 9.59 Å². The van der Waals surface area contributed by atoms with E-state index in [4.69, 9.17) is 17.0 Å². The molecule has 0 unspecified atom stereocenters. The van der Waals surface area contributed by atoms with Gasteiger partial charge in [-0.2, -0.15) is 0 Å². The number of phenols is 2. The Morgan fingerprint density at radius 1 is 1.16 bits per heavy atom. The van der Waals surface area contributed by atoms with Gasteiger partial charge >= 0.3 is 0 Å². The minimum atomic E-state index is -0.710. The molecule has 1 heterocycles. The number of ether oxygens (including phenoxy) is 1. The van der Waals surface area contributed by atoms with Crippen molar-refractivity contribution in [3.05, 3.63) is 58.5 Å². The largest absolute Gasteiger partial charge is 0.507 e. The van der Waals surface area contributed by atoms with Crippen LogP contribution in [0.3, 0.4) is 0 Å². The standard InChI is InChI=1S/C20H17N3O6S2/c1-29-15-8-11(6-7-14(15)25)9-16-19(28)23(20(30)31-16)10-17(26)21-22-18(27)12-4-2-3-5-13(12)24/h2-9,24-25H,10H2,1H3,(H,21,26)(H,22,27)/b16-9-. The Bertz CT molecular complexity index is 1100. The summed E-state index contributed by atoms with van der Waals surface area (Å²) in [6, 6.07) is 10.4. The maximum Gasteiger partial charge on any atom is 0.273 e. The van der Waals surface area contributed by atoms with Gasteiger partial charge in [-0.05, 0) is 35.9 Å². The molecule has 3 amide bonds. The predicted molar refractivity (Wildman–Crippen MR) is 118 cm³/mol. The number of methoxy groups -OCH3 is 1. The smallest absolute Gasteiger partial charge is 0.273 e. The molecule has 0 saturated carbocycles. The Kier molecular flexibility index (Phi) is 6.78. The van der Waals surface area contributed by atoms with E-state index >= 15 is 0 Å². The van der Waals surface area contributed by atoms with E-state index in [0.717, 1.165) is 16.7 Å². The maximum atomic E-state index is 12.6. The number of hydrogen-bond acceptors (Lipinski definition) is 8. The van der Waals surface area contributed by atoms with E-state index in [1.807, 2.05) is 0 Å². The topological polar surface area (TPSA) is 128 Å². The van der Waals surface area contributed by atoms with Crippen molar-refractivity contribution in [2.24, 2.45) is 0 Å². The highest BCUT2D eigenvalue weighted by molar-refractivity contribution is 8.26. The van der Waals surface area contributed by atoms with Crippen LogP contribution < -0.4 is 15.6 Å². The zero-order valence-electron chi connectivity index (χ0n) is 16.1. The van der Waals surface area contributed by atoms with E-state index in [1.54, 1.807) is 30.3 Å². The molecule has 2 aromatic carbocycles. The number of benzene rings is 2. The number of rotatable bonds is 5. The molecule has 1 aliphatic rings. The molecule has 9 nitrogen and oxygen atoms in total. The number of amides is 3. The molecule has 0 bridgehead atoms. The predicted octanol–water partition coefficient (Wildman–Crippen LogP) is 1.77. The van der Waals surface area contributed by atoms with Crippen LogP contribution in [0.15, 0.2) is 47.4 Å². The summed E-state index contributed by atoms with van der Waals surface area (Å²) in [6.07, 6.45) is 1.57. The minimum Gasteiger partial charge on any atom is -0.507 e. The van der Waals surface area contributed by atoms with Crippen molar-refractivity contribution in [2.75, 3.05) is 13.7 Å². The molecular weight excluding hydrogens is 442 g/mol. The van der Waals surface area contributed by atoms with E-state index in [2.05, 4.69) is 10.9 Å². The third kappa shape index (κ3) is 5.13. The second-order valence-electron chi connectivity index (χ2n) is 6.22. The molecule has 4 N–H and O–H groups in total. The van der Waals surface area contributed by atoms with Crippen LogP contribution >= 0.6 is 24.0 Å². The highest BCUT2D eigenvalue weighted by Crippen LogP contribution is 2.34. The summed E-state index contributed by atoms with van der Waals surface area (Å²) in [5.74, 6) is -1.87. The minimum absolute atomic E-state index is 0.0133. The van der Waals surface area contributed by atoms with Gasteiger partial charge in [0.15, 0.2) is 11.5 Å². The molecule has 0 aromatic heterocycles. The van der Waals surface area contributed by atoms with Crippen LogP contribution in [0, 0.1) is 0 Å². The molecule has 0 spiro atoms. The van der Waals surface area contributed by atoms with Crippen LogP contribution in [-0.4, -0.2) is 50.8 Å². The van der Waals surface area contributed by atoms with Gasteiger partial charge in [-0.15, -0.1) is 0 Å². The first-order valence-corrected chi connectivity index (χ1v) is 10.0. The molecule has 1 aliphatic heterocycles. The lowest BCUT2D eigenvalue weighted by Crippen LogP contribution is -2.47. The Balaban J connectivity index is 1.62. The Morgan fingerprint density at radius 2 is 1.90 bits per heavy atom. The molecule has 0 radical (unpaired) electrons. The fourth-order valence-corrected chi connectivity index (χ4v) is 3.87. The Labute approximate surface area is 186 Å². The summed E-state index contributed by atoms with van der Waals surface area (Å²) in [4.78, 5) is 38.3. The zero-order chi connectivity index (χ0) is 22.5. The summed E-state index contributed by atoms with van der Waals surface area (Å²) in [5.41, 5.74) is 4.95. The number of nitrogens with zero attached hydrogens (tertiary/aromatic N) is 1. The number of phenolic OH excluding ortho intramolecular Hbond substituents is 2. The van der Waals surface area contributed by atoms with Crippen LogP contribution in [0.4, 0.5) is 0 Å². The number of nitrogens with one attached hydrogen (secondary N) is 2. The molecule has 1 saturated heterocycles. The number of carbonyl (C=O) groups is 3. The van der Waals surface area contributed by atoms with E-state index in [9.17, 15) is 24.6 Å². The average Bonchev–Trinajstić information content (AvgIpc) is 3.01. The summed E-state index contributed by atoms with van der Waals surface area (Å²) < 4.78 is 5.23. The average molecular weight is 460 g/mol. The Morgan fingerprint density at radius 3 is 2.61 bits per heavy atom. The number of thioether (sulfide) groups is 1. The first-order chi connectivity index (χ1) is 14.8. The molecule has 1 fully saturated rings. The van der Waals surface area contributed by atoms with Gasteiger partial charge in [-0.1, -0.05) is 42.2 Å². The fourth-order valence-electron chi connectivity index (χ4n) is 2.61. The van der Waals surface area contributed by atoms with Gasteiger partial charge < -0.3 is 14.9 Å². The van der Waals surface area contributed by atoms with Crippen molar-refractivity contribution < 1.29 is 29.3 Å². The van der Waals surface area contributed by atoms with Crippen molar-refractivity contribution in [3.8, 4) is 17.2 Å². The first-order valence-electron chi connectivity index (χ1n) is 8.79. The maximum absolute atomic E-state index is 12.6. The van der Waals surface area contributed by atoms with Gasteiger partial charge in [0.1, 0.15) is 16.6 Å². The molecule has 0 atom stereocenters. The number of para-hydroxylation sites is 1. The van der Waals surface area contributed by atoms with Gasteiger partial charge in [0.2, 0.25) is 0 Å². The second-order valence-corrected chi connectivity index (χ2v) is 7.89. The lowest BCUT2D eigenvalue weighted by Gasteiger charge is -2.14. The number of hydrazine groups is 1. The monoisotopic (exact) mass is 459 g/mol. The number of carbonyl (C=O) groups excluding carboxylic acids is 3. The van der Waals surface area contributed by atoms with E-state index in [-0.39, 0.29) is 27.1 Å². The number of aromatic hydroxyl groups is 2. The number of thiocarbonyl (C=S) groups is 1. The summed E-state index contributed by atoms with van der Waals surface area (Å²) in [7, 11) is 1.41. The molecule has 11 heteroatoms. The summed E-state index contributed by atoms with van der Waals surface area (Å²) in [5, 5.41) is 19.3. The van der Waals surface area contributed by atoms with Gasteiger partial charge in [-0.3, -0.25) is 30.1 Å². The molecule has 2 aromatic rings. The third-order valence-corrected chi connectivity index (χ3v) is 5.52. The van der Waals surface area contributed by atoms with Crippen molar-refractivity contribution >= 4 is 52.1 Å². The number of hydrogen-bond donors (Lipinski definition) is 4. The van der Waals surface area contributed by atoms with Gasteiger partial charge in [-0.25, -0.2) is 0 Å². The van der Waals surface area contributed by atoms with Crippen LogP contribution in [0.25, 0.3) is 6.08 Å². The molecule has 3 rings (SSSR count). The van der Waals surface area contributed by atoms with Crippen molar-refractivity contribution in [1.82, 2.24) is 15.8 Å². The van der Waals surface area contributed by atoms with Crippen LogP contribution in [0.2, 0.25) is 0 Å². The lowest BCUT2D eigenvalue weighted by molar-refractivity contribution is -0.129. The van der Waals surface area contributed by atoms with E-state index < -0.39 is 24.3 Å². The SMILES string of the molecule is COc1cc(/C=C2\SC(=S)N(CC(=O)NNC(=O)c3ccccc3O)C2=O)ccc1O. The van der Waals surface area contributed by atoms with E-state index in [1.165, 1.54) is 25.3 Å². The van der Waals surface area contributed by atoms with Gasteiger partial charge in [0.25, 0.3) is 17.7 Å². The van der Waals surface area contributed by atoms with E-state index in [0.29, 0.717) is 10.5 Å². The highest BCUT2D eigenvalue weighted by atomic mass is 32.2. The third-order valence-electron chi connectivity index (χ3n) is 4.14. The van der Waals surface area contributed by atoms with Crippen LogP contribution in [0.5, 0.6) is 17.2 Å². The molecule has 31 heavy (non-hydrogen) atoms. The second kappa shape index (κ2) is 9.49. The molecule has 0 aliphatic carbocycles. The van der Waals surface area contributed by atoms with Crippen LogP contribution in [0.1, 0.15) is 15.9 Å². The summed E-state index contributed by atoms with van der Waals surface area (Å²) >= 11 is 6.21. The lowest BCUT2D eigenvalue weighted by atomic mass is 10.2. The summed E-state index contributed by atoms with van der Waals surface area (Å²) in [6.45, 7) is -0.401. The highest BCUT2D eigenvalue weighted by Gasteiger charge is 2.33. The molecular formula is C20H17N3O6S2.